The molecule has 0 atom stereocenters. The number of thiophene rings is 1. The molecular formula is C15H17NO3S2. The number of carbonyl (C=O) groups excluding carboxylic acids is 1. The van der Waals surface area contributed by atoms with Gasteiger partial charge in [0.15, 0.2) is 5.78 Å². The summed E-state index contributed by atoms with van der Waals surface area (Å²) in [5.74, 6) is 0.0551. The van der Waals surface area contributed by atoms with E-state index < -0.39 is 10.0 Å². The Balaban J connectivity index is 1.82. The van der Waals surface area contributed by atoms with Crippen molar-refractivity contribution in [1.82, 2.24) is 4.72 Å². The molecule has 4 nitrogen and oxygen atoms in total. The average Bonchev–Trinajstić information content (AvgIpc) is 2.98. The Bertz CT molecular complexity index is 689. The van der Waals surface area contributed by atoms with Gasteiger partial charge in [-0.25, -0.2) is 13.1 Å². The maximum absolute atomic E-state index is 12.0. The van der Waals surface area contributed by atoms with E-state index in [0.29, 0.717) is 12.8 Å². The van der Waals surface area contributed by atoms with Gasteiger partial charge in [0.1, 0.15) is 0 Å². The molecule has 112 valence electrons. The highest BCUT2D eigenvalue weighted by atomic mass is 32.2. The first kappa shape index (κ1) is 15.9. The fraction of sp³-hybridized carbons (Fsp3) is 0.267. The van der Waals surface area contributed by atoms with Crippen molar-refractivity contribution in [2.75, 3.05) is 6.54 Å². The second-order valence-electron chi connectivity index (χ2n) is 4.71. The summed E-state index contributed by atoms with van der Waals surface area (Å²) in [4.78, 5) is 12.7. The highest BCUT2D eigenvalue weighted by Crippen LogP contribution is 2.13. The third-order valence-electron chi connectivity index (χ3n) is 3.00. The van der Waals surface area contributed by atoms with Gasteiger partial charge in [-0.15, -0.1) is 11.3 Å². The van der Waals surface area contributed by atoms with E-state index in [-0.39, 0.29) is 17.2 Å². The molecule has 1 N–H and O–H groups in total. The topological polar surface area (TPSA) is 63.2 Å². The number of Topliss-reactive ketones (excluding diaryl/α,β-unsaturated/α-hetero) is 1. The molecule has 0 unspecified atom stereocenters. The lowest BCUT2D eigenvalue weighted by Gasteiger charge is -2.06. The quantitative estimate of drug-likeness (QED) is 0.629. The molecule has 2 rings (SSSR count). The molecular weight excluding hydrogens is 306 g/mol. The molecule has 0 amide bonds. The highest BCUT2D eigenvalue weighted by molar-refractivity contribution is 7.89. The lowest BCUT2D eigenvalue weighted by molar-refractivity contribution is 0.0984. The molecule has 1 heterocycles. The molecule has 0 saturated heterocycles. The molecule has 0 bridgehead atoms. The van der Waals surface area contributed by atoms with Crippen molar-refractivity contribution in [2.45, 2.75) is 24.7 Å². The highest BCUT2D eigenvalue weighted by Gasteiger charge is 2.13. The molecule has 0 aliphatic heterocycles. The van der Waals surface area contributed by atoms with Crippen molar-refractivity contribution in [3.63, 3.8) is 0 Å². The van der Waals surface area contributed by atoms with Crippen LogP contribution in [0.3, 0.4) is 0 Å². The van der Waals surface area contributed by atoms with Gasteiger partial charge in [-0.3, -0.25) is 4.79 Å². The van der Waals surface area contributed by atoms with Gasteiger partial charge in [-0.2, -0.15) is 0 Å². The fourth-order valence-electron chi connectivity index (χ4n) is 1.82. The van der Waals surface area contributed by atoms with Gasteiger partial charge < -0.3 is 0 Å². The molecule has 0 aliphatic rings. The molecule has 1 aromatic carbocycles. The van der Waals surface area contributed by atoms with E-state index in [9.17, 15) is 13.2 Å². The largest absolute Gasteiger partial charge is 0.293 e. The van der Waals surface area contributed by atoms with E-state index in [1.807, 2.05) is 18.4 Å². The maximum Gasteiger partial charge on any atom is 0.240 e. The van der Waals surface area contributed by atoms with Crippen molar-refractivity contribution in [3.8, 4) is 0 Å². The minimum Gasteiger partial charge on any atom is -0.293 e. The van der Waals surface area contributed by atoms with Crippen LogP contribution in [0, 0.1) is 6.92 Å². The minimum absolute atomic E-state index is 0.0551. The van der Waals surface area contributed by atoms with Gasteiger partial charge in [0.2, 0.25) is 10.0 Å². The van der Waals surface area contributed by atoms with Gasteiger partial charge in [-0.1, -0.05) is 23.8 Å². The maximum atomic E-state index is 12.0. The molecule has 0 aliphatic carbocycles. The number of ketones is 1. The van der Waals surface area contributed by atoms with Crippen molar-refractivity contribution < 1.29 is 13.2 Å². The SMILES string of the molecule is Cc1ccc(S(=O)(=O)NCCCC(=O)c2cccs2)cc1. The Morgan fingerprint density at radius 2 is 1.90 bits per heavy atom. The lowest BCUT2D eigenvalue weighted by Crippen LogP contribution is -2.25. The summed E-state index contributed by atoms with van der Waals surface area (Å²) in [6, 6.07) is 10.3. The summed E-state index contributed by atoms with van der Waals surface area (Å²) >= 11 is 1.40. The van der Waals surface area contributed by atoms with E-state index in [1.165, 1.54) is 11.3 Å². The summed E-state index contributed by atoms with van der Waals surface area (Å²) < 4.78 is 26.6. The van der Waals surface area contributed by atoms with E-state index in [4.69, 9.17) is 0 Å². The van der Waals surface area contributed by atoms with E-state index in [2.05, 4.69) is 4.72 Å². The van der Waals surface area contributed by atoms with E-state index >= 15 is 0 Å². The Morgan fingerprint density at radius 1 is 1.19 bits per heavy atom. The Kier molecular flexibility index (Phi) is 5.27. The van der Waals surface area contributed by atoms with E-state index in [0.717, 1.165) is 10.4 Å². The van der Waals surface area contributed by atoms with Crippen molar-refractivity contribution in [3.05, 3.63) is 52.2 Å². The third kappa shape index (κ3) is 4.49. The van der Waals surface area contributed by atoms with Crippen molar-refractivity contribution in [2.24, 2.45) is 0 Å². The molecule has 6 heteroatoms. The lowest BCUT2D eigenvalue weighted by atomic mass is 10.2. The molecule has 0 fully saturated rings. The molecule has 21 heavy (non-hydrogen) atoms. The third-order valence-corrected chi connectivity index (χ3v) is 5.39. The summed E-state index contributed by atoms with van der Waals surface area (Å²) in [5, 5.41) is 1.85. The first-order valence-electron chi connectivity index (χ1n) is 6.62. The second-order valence-corrected chi connectivity index (χ2v) is 7.43. The molecule has 1 aromatic heterocycles. The van der Waals surface area contributed by atoms with Crippen LogP contribution in [-0.4, -0.2) is 20.7 Å². The number of sulfonamides is 1. The Labute approximate surface area is 128 Å². The van der Waals surface area contributed by atoms with Gasteiger partial charge in [0.25, 0.3) is 0 Å². The van der Waals surface area contributed by atoms with Gasteiger partial charge >= 0.3 is 0 Å². The van der Waals surface area contributed by atoms with Gasteiger partial charge in [0, 0.05) is 13.0 Å². The first-order valence-corrected chi connectivity index (χ1v) is 8.98. The van der Waals surface area contributed by atoms with Crippen LogP contribution in [-0.2, 0) is 10.0 Å². The summed E-state index contributed by atoms with van der Waals surface area (Å²) in [6.45, 7) is 2.16. The number of rotatable bonds is 7. The van der Waals surface area contributed by atoms with Crippen LogP contribution < -0.4 is 4.72 Å². The van der Waals surface area contributed by atoms with Gasteiger partial charge in [0.05, 0.1) is 9.77 Å². The Hall–Kier alpha value is -1.50. The second kappa shape index (κ2) is 6.98. The molecule has 2 aromatic rings. The fourth-order valence-corrected chi connectivity index (χ4v) is 3.59. The van der Waals surface area contributed by atoms with Gasteiger partial charge in [-0.05, 0) is 36.9 Å². The number of hydrogen-bond donors (Lipinski definition) is 1. The van der Waals surface area contributed by atoms with Crippen molar-refractivity contribution >= 4 is 27.1 Å². The average molecular weight is 323 g/mol. The number of hydrogen-bond acceptors (Lipinski definition) is 4. The molecule has 0 spiro atoms. The summed E-state index contributed by atoms with van der Waals surface area (Å²) in [7, 11) is -3.49. The number of nitrogens with one attached hydrogen (secondary N) is 1. The standard InChI is InChI=1S/C15H17NO3S2/c1-12-6-8-13(9-7-12)21(18,19)16-10-2-4-14(17)15-5-3-11-20-15/h3,5-9,11,16H,2,4,10H2,1H3. The van der Waals surface area contributed by atoms with Crippen LogP contribution in [0.15, 0.2) is 46.7 Å². The van der Waals surface area contributed by atoms with Crippen LogP contribution in [0.5, 0.6) is 0 Å². The number of aryl methyl sites for hydroxylation is 1. The molecule has 0 radical (unpaired) electrons. The zero-order valence-corrected chi connectivity index (χ0v) is 13.3. The van der Waals surface area contributed by atoms with Crippen LogP contribution in [0.4, 0.5) is 0 Å². The van der Waals surface area contributed by atoms with Crippen LogP contribution in [0.2, 0.25) is 0 Å². The number of benzene rings is 1. The zero-order valence-electron chi connectivity index (χ0n) is 11.7. The van der Waals surface area contributed by atoms with Crippen LogP contribution >= 0.6 is 11.3 Å². The van der Waals surface area contributed by atoms with E-state index in [1.54, 1.807) is 30.3 Å². The summed E-state index contributed by atoms with van der Waals surface area (Å²) in [5.41, 5.74) is 1.01. The predicted octanol–water partition coefficient (Wildman–Crippen LogP) is 3.00. The minimum atomic E-state index is -3.49. The monoisotopic (exact) mass is 323 g/mol. The zero-order chi connectivity index (χ0) is 15.3. The van der Waals surface area contributed by atoms with Crippen LogP contribution in [0.1, 0.15) is 28.1 Å². The predicted molar refractivity (Wildman–Crippen MR) is 84.3 cm³/mol. The normalized spacial score (nSPS) is 11.5. The van der Waals surface area contributed by atoms with Crippen molar-refractivity contribution in [1.29, 1.82) is 0 Å². The number of carbonyl (C=O) groups is 1. The summed E-state index contributed by atoms with van der Waals surface area (Å²) in [6.07, 6.45) is 0.832. The molecule has 0 saturated carbocycles. The Morgan fingerprint density at radius 3 is 2.52 bits per heavy atom. The first-order chi connectivity index (χ1) is 9.99. The smallest absolute Gasteiger partial charge is 0.240 e. The van der Waals surface area contributed by atoms with Crippen LogP contribution in [0.25, 0.3) is 0 Å².